The van der Waals surface area contributed by atoms with Crippen molar-refractivity contribution < 1.29 is 8.42 Å². The molecule has 0 bridgehead atoms. The highest BCUT2D eigenvalue weighted by atomic mass is 32.2. The number of rotatable bonds is 11. The molecule has 0 fully saturated rings. The fourth-order valence-electron chi connectivity index (χ4n) is 4.76. The van der Waals surface area contributed by atoms with Crippen molar-refractivity contribution in [3.05, 3.63) is 76.9 Å². The largest absolute Gasteiger partial charge is 0.372 e. The smallest absolute Gasteiger partial charge is 0.262 e. The molecule has 0 spiro atoms. The van der Waals surface area contributed by atoms with Crippen LogP contribution >= 0.6 is 0 Å². The van der Waals surface area contributed by atoms with E-state index in [1.807, 2.05) is 24.3 Å². The average molecular weight is 536 g/mol. The fraction of sp³-hybridized carbons (Fsp3) is 0.438. The van der Waals surface area contributed by atoms with Crippen LogP contribution in [0.4, 0.5) is 22.7 Å². The quantitative estimate of drug-likeness (QED) is 0.258. The van der Waals surface area contributed by atoms with E-state index in [1.165, 1.54) is 11.3 Å². The summed E-state index contributed by atoms with van der Waals surface area (Å²) in [6.07, 6.45) is 0. The molecule has 2 N–H and O–H groups in total. The Balaban J connectivity index is 1.88. The highest BCUT2D eigenvalue weighted by Gasteiger charge is 2.27. The van der Waals surface area contributed by atoms with Crippen molar-refractivity contribution in [1.82, 2.24) is 0 Å². The molecule has 6 heteroatoms. The molecule has 0 saturated carbocycles. The van der Waals surface area contributed by atoms with Gasteiger partial charge in [0.2, 0.25) is 0 Å². The summed E-state index contributed by atoms with van der Waals surface area (Å²) in [5.41, 5.74) is 7.76. The number of benzene rings is 3. The fourth-order valence-corrected chi connectivity index (χ4v) is 6.52. The van der Waals surface area contributed by atoms with Crippen LogP contribution in [0.15, 0.2) is 59.5 Å². The number of nitrogens with zero attached hydrogens (tertiary/aromatic N) is 1. The Hall–Kier alpha value is -2.99. The van der Waals surface area contributed by atoms with E-state index in [2.05, 4.69) is 108 Å². The summed E-state index contributed by atoms with van der Waals surface area (Å²) in [4.78, 5) is 2.74. The van der Waals surface area contributed by atoms with E-state index in [9.17, 15) is 8.42 Å². The van der Waals surface area contributed by atoms with Gasteiger partial charge in [-0.1, -0.05) is 53.7 Å². The lowest BCUT2D eigenvalue weighted by atomic mass is 9.89. The lowest BCUT2D eigenvalue weighted by molar-refractivity contribution is 0.595. The lowest BCUT2D eigenvalue weighted by Crippen LogP contribution is -2.21. The van der Waals surface area contributed by atoms with Crippen LogP contribution in [0.5, 0.6) is 0 Å². The van der Waals surface area contributed by atoms with E-state index < -0.39 is 10.0 Å². The molecule has 5 nitrogen and oxygen atoms in total. The summed E-state index contributed by atoms with van der Waals surface area (Å²) in [6, 6.07) is 18.0. The third-order valence-corrected chi connectivity index (χ3v) is 8.62. The molecule has 0 radical (unpaired) electrons. The monoisotopic (exact) mass is 535 g/mol. The molecule has 3 rings (SSSR count). The van der Waals surface area contributed by atoms with Gasteiger partial charge < -0.3 is 10.2 Å². The predicted octanol–water partition coefficient (Wildman–Crippen LogP) is 8.76. The maximum Gasteiger partial charge on any atom is 0.262 e. The lowest BCUT2D eigenvalue weighted by Gasteiger charge is -2.23. The Morgan fingerprint density at radius 3 is 1.71 bits per heavy atom. The van der Waals surface area contributed by atoms with E-state index in [0.717, 1.165) is 41.2 Å². The van der Waals surface area contributed by atoms with Crippen molar-refractivity contribution in [3.8, 4) is 0 Å². The number of sulfonamides is 1. The molecule has 38 heavy (non-hydrogen) atoms. The van der Waals surface area contributed by atoms with Crippen LogP contribution < -0.4 is 14.9 Å². The standard InChI is InChI=1S/C32H45N3O2S/c1-10-35(11-2)28-16-17-31(24(9)18-28)33-26-12-14-27(15-13-26)34-38(36,37)32-29(22(5)6)19-25(21(3)4)20-30(32)23(7)8/h12-23,33-34H,10-11H2,1-9H3. The molecule has 3 aromatic carbocycles. The van der Waals surface area contributed by atoms with E-state index in [0.29, 0.717) is 16.5 Å². The van der Waals surface area contributed by atoms with Gasteiger partial charge in [-0.3, -0.25) is 4.72 Å². The minimum absolute atomic E-state index is 0.0840. The topological polar surface area (TPSA) is 61.4 Å². The van der Waals surface area contributed by atoms with Gasteiger partial charge >= 0.3 is 0 Å². The Kier molecular flexibility index (Phi) is 9.53. The van der Waals surface area contributed by atoms with Crippen LogP contribution in [-0.2, 0) is 10.0 Å². The molecule has 206 valence electrons. The number of hydrogen-bond acceptors (Lipinski definition) is 4. The van der Waals surface area contributed by atoms with Gasteiger partial charge in [-0.2, -0.15) is 0 Å². The van der Waals surface area contributed by atoms with Crippen LogP contribution in [0.3, 0.4) is 0 Å². The molecule has 0 amide bonds. The van der Waals surface area contributed by atoms with Gasteiger partial charge in [0.05, 0.1) is 4.90 Å². The second-order valence-electron chi connectivity index (χ2n) is 11.0. The van der Waals surface area contributed by atoms with E-state index in [4.69, 9.17) is 0 Å². The Labute approximate surface area is 230 Å². The number of hydrogen-bond donors (Lipinski definition) is 2. The van der Waals surface area contributed by atoms with Crippen molar-refractivity contribution in [2.45, 2.75) is 85.0 Å². The zero-order valence-electron chi connectivity index (χ0n) is 24.5. The first-order valence-corrected chi connectivity index (χ1v) is 15.3. The Bertz CT molecular complexity index is 1310. The van der Waals surface area contributed by atoms with Crippen LogP contribution in [0.25, 0.3) is 0 Å². The summed E-state index contributed by atoms with van der Waals surface area (Å²) < 4.78 is 30.4. The molecule has 0 atom stereocenters. The normalized spacial score (nSPS) is 11.9. The average Bonchev–Trinajstić information content (AvgIpc) is 2.86. The van der Waals surface area contributed by atoms with Crippen molar-refractivity contribution in [2.24, 2.45) is 0 Å². The first kappa shape index (κ1) is 29.6. The summed E-state index contributed by atoms with van der Waals surface area (Å²) in [5, 5.41) is 3.47. The molecular formula is C32H45N3O2S. The minimum Gasteiger partial charge on any atom is -0.372 e. The van der Waals surface area contributed by atoms with Crippen LogP contribution in [0.1, 0.15) is 95.4 Å². The summed E-state index contributed by atoms with van der Waals surface area (Å²) in [5.74, 6) is 0.494. The number of anilines is 4. The predicted molar refractivity (Wildman–Crippen MR) is 164 cm³/mol. The third-order valence-electron chi connectivity index (χ3n) is 7.10. The molecule has 0 aliphatic rings. The van der Waals surface area contributed by atoms with Gasteiger partial charge in [0.15, 0.2) is 0 Å². The van der Waals surface area contributed by atoms with Crippen molar-refractivity contribution in [2.75, 3.05) is 28.0 Å². The molecule has 0 aliphatic heterocycles. The first-order chi connectivity index (χ1) is 17.9. The molecule has 0 saturated heterocycles. The van der Waals surface area contributed by atoms with Crippen LogP contribution in [-0.4, -0.2) is 21.5 Å². The second kappa shape index (κ2) is 12.2. The third kappa shape index (κ3) is 6.71. The molecular weight excluding hydrogens is 490 g/mol. The zero-order chi connectivity index (χ0) is 28.2. The highest BCUT2D eigenvalue weighted by molar-refractivity contribution is 7.92. The Morgan fingerprint density at radius 1 is 0.737 bits per heavy atom. The molecule has 0 aliphatic carbocycles. The number of nitrogens with one attached hydrogen (secondary N) is 2. The van der Waals surface area contributed by atoms with Crippen LogP contribution in [0, 0.1) is 6.92 Å². The first-order valence-electron chi connectivity index (χ1n) is 13.8. The van der Waals surface area contributed by atoms with E-state index in [1.54, 1.807) is 0 Å². The zero-order valence-corrected chi connectivity index (χ0v) is 25.3. The second-order valence-corrected chi connectivity index (χ2v) is 12.6. The maximum absolute atomic E-state index is 13.8. The molecule has 0 aromatic heterocycles. The van der Waals surface area contributed by atoms with E-state index in [-0.39, 0.29) is 11.8 Å². The molecule has 0 unspecified atom stereocenters. The Morgan fingerprint density at radius 2 is 1.26 bits per heavy atom. The van der Waals surface area contributed by atoms with Gasteiger partial charge in [0.1, 0.15) is 0 Å². The molecule has 0 heterocycles. The number of aryl methyl sites for hydroxylation is 1. The van der Waals surface area contributed by atoms with Crippen LogP contribution in [0.2, 0.25) is 0 Å². The molecule has 3 aromatic rings. The minimum atomic E-state index is -3.78. The van der Waals surface area contributed by atoms with Gasteiger partial charge in [0, 0.05) is 35.8 Å². The van der Waals surface area contributed by atoms with Gasteiger partial charge in [0.25, 0.3) is 10.0 Å². The van der Waals surface area contributed by atoms with Crippen molar-refractivity contribution in [3.63, 3.8) is 0 Å². The summed E-state index contributed by atoms with van der Waals surface area (Å²) in [7, 11) is -3.78. The SMILES string of the molecule is CCN(CC)c1ccc(Nc2ccc(NS(=O)(=O)c3c(C(C)C)cc(C(C)C)cc3C(C)C)cc2)c(C)c1. The summed E-state index contributed by atoms with van der Waals surface area (Å²) in [6.45, 7) is 20.9. The van der Waals surface area contributed by atoms with E-state index >= 15 is 0 Å². The van der Waals surface area contributed by atoms with Gasteiger partial charge in [-0.15, -0.1) is 0 Å². The van der Waals surface area contributed by atoms with Gasteiger partial charge in [-0.05, 0) is 103 Å². The summed E-state index contributed by atoms with van der Waals surface area (Å²) >= 11 is 0. The van der Waals surface area contributed by atoms with Crippen molar-refractivity contribution >= 4 is 32.8 Å². The maximum atomic E-state index is 13.8. The van der Waals surface area contributed by atoms with Crippen molar-refractivity contribution in [1.29, 1.82) is 0 Å². The van der Waals surface area contributed by atoms with Gasteiger partial charge in [-0.25, -0.2) is 8.42 Å². The highest BCUT2D eigenvalue weighted by Crippen LogP contribution is 2.36.